The lowest BCUT2D eigenvalue weighted by molar-refractivity contribution is 0.805. The zero-order valence-corrected chi connectivity index (χ0v) is 12.1. The van der Waals surface area contributed by atoms with Crippen LogP contribution in [-0.2, 0) is 6.54 Å². The maximum atomic E-state index is 4.22. The molecular weight excluding hydrogens is 304 g/mol. The van der Waals surface area contributed by atoms with Crippen LogP contribution < -0.4 is 5.32 Å². The van der Waals surface area contributed by atoms with Crippen molar-refractivity contribution in [3.8, 4) is 5.69 Å². The Kier molecular flexibility index (Phi) is 3.31. The number of benzene rings is 2. The zero-order valence-electron chi connectivity index (χ0n) is 10.5. The molecule has 0 saturated heterocycles. The van der Waals surface area contributed by atoms with E-state index in [0.717, 1.165) is 27.7 Å². The van der Waals surface area contributed by atoms with Crippen molar-refractivity contribution < 1.29 is 0 Å². The Morgan fingerprint density at radius 2 is 2.05 bits per heavy atom. The molecule has 1 N–H and O–H groups in total. The molecule has 3 rings (SSSR count). The molecule has 0 saturated carbocycles. The highest BCUT2D eigenvalue weighted by atomic mass is 79.9. The van der Waals surface area contributed by atoms with Crippen LogP contribution in [0.2, 0.25) is 0 Å². The van der Waals surface area contributed by atoms with Crippen molar-refractivity contribution in [3.63, 3.8) is 0 Å². The summed E-state index contributed by atoms with van der Waals surface area (Å²) in [5.41, 5.74) is 4.12. The van der Waals surface area contributed by atoms with E-state index >= 15 is 0 Å². The first-order chi connectivity index (χ1) is 9.29. The second kappa shape index (κ2) is 5.11. The largest absolute Gasteiger partial charge is 0.316 e. The lowest BCUT2D eigenvalue weighted by Crippen LogP contribution is -2.06. The maximum Gasteiger partial charge on any atom is 0.113 e. The van der Waals surface area contributed by atoms with Crippen molar-refractivity contribution in [2.24, 2.45) is 0 Å². The van der Waals surface area contributed by atoms with Crippen LogP contribution in [0.5, 0.6) is 0 Å². The maximum absolute atomic E-state index is 4.22. The summed E-state index contributed by atoms with van der Waals surface area (Å²) in [5, 5.41) is 11.5. The summed E-state index contributed by atoms with van der Waals surface area (Å²) in [6.45, 7) is 0.844. The van der Waals surface area contributed by atoms with Gasteiger partial charge in [-0.15, -0.1) is 5.10 Å². The molecule has 0 fully saturated rings. The van der Waals surface area contributed by atoms with Gasteiger partial charge in [0.25, 0.3) is 0 Å². The Balaban J connectivity index is 2.11. The van der Waals surface area contributed by atoms with Gasteiger partial charge in [0.2, 0.25) is 0 Å². The van der Waals surface area contributed by atoms with Crippen LogP contribution in [0.15, 0.2) is 46.9 Å². The van der Waals surface area contributed by atoms with Gasteiger partial charge < -0.3 is 5.32 Å². The smallest absolute Gasteiger partial charge is 0.113 e. The molecule has 5 heteroatoms. The SMILES string of the molecule is CNCc1ccc(-n2nnc3ccccc32)c(Br)c1. The van der Waals surface area contributed by atoms with Crippen molar-refractivity contribution in [2.45, 2.75) is 6.54 Å². The number of rotatable bonds is 3. The molecule has 0 bridgehead atoms. The predicted octanol–water partition coefficient (Wildman–Crippen LogP) is 2.90. The number of fused-ring (bicyclic) bond motifs is 1. The highest BCUT2D eigenvalue weighted by Crippen LogP contribution is 2.24. The van der Waals surface area contributed by atoms with Crippen LogP contribution in [0, 0.1) is 0 Å². The molecule has 0 aliphatic rings. The molecule has 1 aromatic heterocycles. The average Bonchev–Trinajstić information content (AvgIpc) is 2.83. The molecule has 0 aliphatic heterocycles. The normalized spacial score (nSPS) is 11.1. The monoisotopic (exact) mass is 316 g/mol. The van der Waals surface area contributed by atoms with E-state index in [0.29, 0.717) is 0 Å². The summed E-state index contributed by atoms with van der Waals surface area (Å²) in [5.74, 6) is 0. The first-order valence-electron chi connectivity index (χ1n) is 6.03. The van der Waals surface area contributed by atoms with Crippen LogP contribution in [0.3, 0.4) is 0 Å². The molecule has 4 nitrogen and oxygen atoms in total. The van der Waals surface area contributed by atoms with Gasteiger partial charge in [-0.05, 0) is 52.8 Å². The fourth-order valence-corrected chi connectivity index (χ4v) is 2.68. The average molecular weight is 317 g/mol. The van der Waals surface area contributed by atoms with Crippen molar-refractivity contribution in [1.82, 2.24) is 20.3 Å². The molecule has 19 heavy (non-hydrogen) atoms. The Labute approximate surface area is 119 Å². The molecule has 0 unspecified atom stereocenters. The van der Waals surface area contributed by atoms with Gasteiger partial charge in [-0.25, -0.2) is 4.68 Å². The van der Waals surface area contributed by atoms with Gasteiger partial charge in [-0.3, -0.25) is 0 Å². The minimum atomic E-state index is 0.844. The van der Waals surface area contributed by atoms with Crippen molar-refractivity contribution in [3.05, 3.63) is 52.5 Å². The van der Waals surface area contributed by atoms with Crippen molar-refractivity contribution in [1.29, 1.82) is 0 Å². The molecule has 0 spiro atoms. The molecule has 3 aromatic rings. The number of hydrogen-bond acceptors (Lipinski definition) is 3. The summed E-state index contributed by atoms with van der Waals surface area (Å²) in [6.07, 6.45) is 0. The first-order valence-corrected chi connectivity index (χ1v) is 6.83. The van der Waals surface area contributed by atoms with Crippen LogP contribution >= 0.6 is 15.9 Å². The molecule has 2 aromatic carbocycles. The molecule has 1 heterocycles. The second-order valence-electron chi connectivity index (χ2n) is 4.31. The molecule has 0 amide bonds. The third-order valence-corrected chi connectivity index (χ3v) is 3.61. The van der Waals surface area contributed by atoms with E-state index < -0.39 is 0 Å². The minimum absolute atomic E-state index is 0.844. The van der Waals surface area contributed by atoms with Crippen LogP contribution in [-0.4, -0.2) is 22.0 Å². The fourth-order valence-electron chi connectivity index (χ4n) is 2.08. The predicted molar refractivity (Wildman–Crippen MR) is 79.3 cm³/mol. The Hall–Kier alpha value is -1.72. The highest BCUT2D eigenvalue weighted by molar-refractivity contribution is 9.10. The van der Waals surface area contributed by atoms with E-state index in [9.17, 15) is 0 Å². The van der Waals surface area contributed by atoms with E-state index in [2.05, 4.69) is 49.8 Å². The summed E-state index contributed by atoms with van der Waals surface area (Å²) >= 11 is 3.61. The highest BCUT2D eigenvalue weighted by Gasteiger charge is 2.09. The van der Waals surface area contributed by atoms with Gasteiger partial charge in [0.1, 0.15) is 5.52 Å². The molecule has 0 radical (unpaired) electrons. The van der Waals surface area contributed by atoms with Crippen LogP contribution in [0.25, 0.3) is 16.7 Å². The molecule has 0 atom stereocenters. The Morgan fingerprint density at radius 1 is 1.21 bits per heavy atom. The van der Waals surface area contributed by atoms with E-state index in [1.165, 1.54) is 5.56 Å². The summed E-state index contributed by atoms with van der Waals surface area (Å²) < 4.78 is 2.86. The lowest BCUT2D eigenvalue weighted by atomic mass is 10.2. The van der Waals surface area contributed by atoms with Crippen LogP contribution in [0.4, 0.5) is 0 Å². The second-order valence-corrected chi connectivity index (χ2v) is 5.16. The topological polar surface area (TPSA) is 42.7 Å². The number of hydrogen-bond donors (Lipinski definition) is 1. The first kappa shape index (κ1) is 12.3. The number of nitrogens with one attached hydrogen (secondary N) is 1. The number of nitrogens with zero attached hydrogens (tertiary/aromatic N) is 3. The summed E-state index contributed by atoms with van der Waals surface area (Å²) in [4.78, 5) is 0. The number of aromatic nitrogens is 3. The minimum Gasteiger partial charge on any atom is -0.316 e. The molecule has 0 aliphatic carbocycles. The molecular formula is C14H13BrN4. The number of para-hydroxylation sites is 1. The quantitative estimate of drug-likeness (QED) is 0.808. The Morgan fingerprint density at radius 3 is 2.84 bits per heavy atom. The van der Waals surface area contributed by atoms with Crippen molar-refractivity contribution >= 4 is 27.0 Å². The summed E-state index contributed by atoms with van der Waals surface area (Å²) in [6, 6.07) is 14.2. The van der Waals surface area contributed by atoms with E-state index in [4.69, 9.17) is 0 Å². The van der Waals surface area contributed by atoms with Gasteiger partial charge in [0.15, 0.2) is 0 Å². The van der Waals surface area contributed by atoms with E-state index in [1.807, 2.05) is 36.0 Å². The number of halogens is 1. The van der Waals surface area contributed by atoms with E-state index in [1.54, 1.807) is 0 Å². The van der Waals surface area contributed by atoms with E-state index in [-0.39, 0.29) is 0 Å². The third kappa shape index (κ3) is 2.27. The fraction of sp³-hybridized carbons (Fsp3) is 0.143. The standard InChI is InChI=1S/C14H13BrN4/c1-16-9-10-6-7-13(11(15)8-10)19-14-5-3-2-4-12(14)17-18-19/h2-8,16H,9H2,1H3. The third-order valence-electron chi connectivity index (χ3n) is 2.97. The zero-order chi connectivity index (χ0) is 13.2. The van der Waals surface area contributed by atoms with Gasteiger partial charge in [-0.2, -0.15) is 0 Å². The van der Waals surface area contributed by atoms with Gasteiger partial charge in [-0.1, -0.05) is 23.4 Å². The van der Waals surface area contributed by atoms with Gasteiger partial charge >= 0.3 is 0 Å². The van der Waals surface area contributed by atoms with Gasteiger partial charge in [0, 0.05) is 11.0 Å². The summed E-state index contributed by atoms with van der Waals surface area (Å²) in [7, 11) is 1.94. The van der Waals surface area contributed by atoms with Crippen molar-refractivity contribution in [2.75, 3.05) is 7.05 Å². The Bertz CT molecular complexity index is 720. The molecule has 96 valence electrons. The van der Waals surface area contributed by atoms with Crippen LogP contribution in [0.1, 0.15) is 5.56 Å². The van der Waals surface area contributed by atoms with Gasteiger partial charge in [0.05, 0.1) is 11.2 Å². The lowest BCUT2D eigenvalue weighted by Gasteiger charge is -2.07.